The van der Waals surface area contributed by atoms with Gasteiger partial charge in [-0.25, -0.2) is 8.42 Å². The topological polar surface area (TPSA) is 46.2 Å². The van der Waals surface area contributed by atoms with Crippen LogP contribution in [0.25, 0.3) is 0 Å². The summed E-state index contributed by atoms with van der Waals surface area (Å²) in [5.41, 5.74) is 1.18. The maximum absolute atomic E-state index is 11.6. The molecule has 1 unspecified atom stereocenters. The lowest BCUT2D eigenvalue weighted by molar-refractivity contribution is 0.566. The van der Waals surface area contributed by atoms with E-state index in [4.69, 9.17) is 0 Å². The van der Waals surface area contributed by atoms with Crippen LogP contribution in [-0.2, 0) is 9.84 Å². The molecule has 17 heavy (non-hydrogen) atoms. The Morgan fingerprint density at radius 2 is 1.71 bits per heavy atom. The van der Waals surface area contributed by atoms with E-state index in [1.165, 1.54) is 5.56 Å². The molecule has 0 aliphatic rings. The molecule has 0 bridgehead atoms. The molecule has 0 saturated heterocycles. The average molecular weight is 255 g/mol. The standard InChI is InChI=1S/C13H21NO2S/c1-11(2)17(15,16)10-9-14-12(3)13-7-5-4-6-8-13/h4-8,11-12,14H,9-10H2,1-3H3. The van der Waals surface area contributed by atoms with E-state index in [2.05, 4.69) is 5.32 Å². The van der Waals surface area contributed by atoms with Crippen molar-refractivity contribution in [3.63, 3.8) is 0 Å². The van der Waals surface area contributed by atoms with Gasteiger partial charge in [-0.2, -0.15) is 0 Å². The quantitative estimate of drug-likeness (QED) is 0.847. The molecule has 1 aromatic rings. The normalized spacial score (nSPS) is 13.9. The molecular formula is C13H21NO2S. The van der Waals surface area contributed by atoms with Crippen LogP contribution in [0.5, 0.6) is 0 Å². The van der Waals surface area contributed by atoms with Crippen LogP contribution in [0.4, 0.5) is 0 Å². The predicted molar refractivity (Wildman–Crippen MR) is 71.8 cm³/mol. The van der Waals surface area contributed by atoms with Gasteiger partial charge in [-0.1, -0.05) is 30.3 Å². The van der Waals surface area contributed by atoms with Crippen molar-refractivity contribution >= 4 is 9.84 Å². The number of rotatable bonds is 6. The van der Waals surface area contributed by atoms with Crippen molar-refractivity contribution in [2.45, 2.75) is 32.1 Å². The fourth-order valence-electron chi connectivity index (χ4n) is 1.51. The summed E-state index contributed by atoms with van der Waals surface area (Å²) >= 11 is 0. The summed E-state index contributed by atoms with van der Waals surface area (Å²) < 4.78 is 23.2. The molecule has 96 valence electrons. The third kappa shape index (κ3) is 4.48. The van der Waals surface area contributed by atoms with Crippen molar-refractivity contribution in [2.24, 2.45) is 0 Å². The van der Waals surface area contributed by atoms with E-state index in [1.807, 2.05) is 37.3 Å². The Kier molecular flexibility index (Phi) is 5.15. The van der Waals surface area contributed by atoms with Gasteiger partial charge in [0.05, 0.1) is 11.0 Å². The summed E-state index contributed by atoms with van der Waals surface area (Å²) in [5.74, 6) is 0.196. The third-order valence-electron chi connectivity index (χ3n) is 2.85. The average Bonchev–Trinajstić information content (AvgIpc) is 2.29. The minimum Gasteiger partial charge on any atom is -0.309 e. The van der Waals surface area contributed by atoms with Gasteiger partial charge in [0.15, 0.2) is 9.84 Å². The molecule has 0 aliphatic carbocycles. The third-order valence-corrected chi connectivity index (χ3v) is 5.06. The van der Waals surface area contributed by atoms with E-state index in [-0.39, 0.29) is 17.0 Å². The number of sulfone groups is 1. The van der Waals surface area contributed by atoms with Crippen LogP contribution in [-0.4, -0.2) is 26.0 Å². The Hall–Kier alpha value is -0.870. The molecule has 4 heteroatoms. The molecule has 1 atom stereocenters. The second-order valence-corrected chi connectivity index (χ2v) is 7.18. The largest absolute Gasteiger partial charge is 0.309 e. The molecular weight excluding hydrogens is 234 g/mol. The second-order valence-electron chi connectivity index (χ2n) is 4.50. The first-order valence-corrected chi connectivity index (χ1v) is 7.65. The number of hydrogen-bond acceptors (Lipinski definition) is 3. The highest BCUT2D eigenvalue weighted by Crippen LogP contribution is 2.10. The highest BCUT2D eigenvalue weighted by atomic mass is 32.2. The maximum atomic E-state index is 11.6. The van der Waals surface area contributed by atoms with Crippen LogP contribution >= 0.6 is 0 Å². The van der Waals surface area contributed by atoms with Gasteiger partial charge in [0, 0.05) is 12.6 Å². The van der Waals surface area contributed by atoms with Gasteiger partial charge in [0.25, 0.3) is 0 Å². The minimum atomic E-state index is -2.94. The monoisotopic (exact) mass is 255 g/mol. The summed E-state index contributed by atoms with van der Waals surface area (Å²) in [5, 5.41) is 2.94. The number of hydrogen-bond donors (Lipinski definition) is 1. The zero-order valence-corrected chi connectivity index (χ0v) is 11.5. The van der Waals surface area contributed by atoms with Crippen molar-refractivity contribution in [3.05, 3.63) is 35.9 Å². The lowest BCUT2D eigenvalue weighted by Gasteiger charge is -2.15. The van der Waals surface area contributed by atoms with Crippen molar-refractivity contribution < 1.29 is 8.42 Å². The molecule has 0 heterocycles. The Bertz CT molecular complexity index is 426. The Morgan fingerprint density at radius 1 is 1.12 bits per heavy atom. The molecule has 0 amide bonds. The molecule has 1 aromatic carbocycles. The van der Waals surface area contributed by atoms with Gasteiger partial charge in [-0.05, 0) is 26.3 Å². The molecule has 1 rings (SSSR count). The lowest BCUT2D eigenvalue weighted by Crippen LogP contribution is -2.28. The summed E-state index contributed by atoms with van der Waals surface area (Å²) in [4.78, 5) is 0. The Labute approximate surface area is 104 Å². The van der Waals surface area contributed by atoms with Gasteiger partial charge in [-0.3, -0.25) is 0 Å². The second kappa shape index (κ2) is 6.17. The Morgan fingerprint density at radius 3 is 2.24 bits per heavy atom. The molecule has 1 N–H and O–H groups in total. The van der Waals surface area contributed by atoms with Gasteiger partial charge in [0.1, 0.15) is 0 Å². The van der Waals surface area contributed by atoms with Gasteiger partial charge < -0.3 is 5.32 Å². The van der Waals surface area contributed by atoms with Crippen LogP contribution in [0, 0.1) is 0 Å². The molecule has 0 aromatic heterocycles. The first-order chi connectivity index (χ1) is 7.93. The van der Waals surface area contributed by atoms with E-state index >= 15 is 0 Å². The predicted octanol–water partition coefficient (Wildman–Crippen LogP) is 2.16. The Balaban J connectivity index is 2.43. The van der Waals surface area contributed by atoms with Gasteiger partial charge >= 0.3 is 0 Å². The summed E-state index contributed by atoms with van der Waals surface area (Å²) in [6.45, 7) is 5.97. The van der Waals surface area contributed by atoms with Crippen LogP contribution in [0.3, 0.4) is 0 Å². The van der Waals surface area contributed by atoms with E-state index in [1.54, 1.807) is 13.8 Å². The van der Waals surface area contributed by atoms with Crippen LogP contribution in [0.15, 0.2) is 30.3 Å². The van der Waals surface area contributed by atoms with Crippen LogP contribution in [0.1, 0.15) is 32.4 Å². The summed E-state index contributed by atoms with van der Waals surface area (Å²) in [6.07, 6.45) is 0. The van der Waals surface area contributed by atoms with Crippen molar-refractivity contribution in [3.8, 4) is 0 Å². The minimum absolute atomic E-state index is 0.179. The molecule has 0 fully saturated rings. The fourth-order valence-corrected chi connectivity index (χ4v) is 2.39. The smallest absolute Gasteiger partial charge is 0.153 e. The van der Waals surface area contributed by atoms with E-state index in [9.17, 15) is 8.42 Å². The highest BCUT2D eigenvalue weighted by molar-refractivity contribution is 7.92. The first-order valence-electron chi connectivity index (χ1n) is 5.93. The molecule has 0 saturated carbocycles. The van der Waals surface area contributed by atoms with E-state index in [0.717, 1.165) is 0 Å². The molecule has 3 nitrogen and oxygen atoms in total. The molecule has 0 aliphatic heterocycles. The number of benzene rings is 1. The highest BCUT2D eigenvalue weighted by Gasteiger charge is 2.15. The first kappa shape index (κ1) is 14.2. The lowest BCUT2D eigenvalue weighted by atomic mass is 10.1. The summed E-state index contributed by atoms with van der Waals surface area (Å²) in [6, 6.07) is 10.2. The summed E-state index contributed by atoms with van der Waals surface area (Å²) in [7, 11) is -2.94. The van der Waals surface area contributed by atoms with Crippen LogP contribution in [0.2, 0.25) is 0 Å². The maximum Gasteiger partial charge on any atom is 0.153 e. The van der Waals surface area contributed by atoms with E-state index < -0.39 is 9.84 Å². The number of nitrogens with one attached hydrogen (secondary N) is 1. The van der Waals surface area contributed by atoms with Crippen LogP contribution < -0.4 is 5.32 Å². The van der Waals surface area contributed by atoms with Crippen molar-refractivity contribution in [1.82, 2.24) is 5.32 Å². The zero-order valence-electron chi connectivity index (χ0n) is 10.7. The van der Waals surface area contributed by atoms with Gasteiger partial charge in [0.2, 0.25) is 0 Å². The SMILES string of the molecule is CC(NCCS(=O)(=O)C(C)C)c1ccccc1. The van der Waals surface area contributed by atoms with Crippen molar-refractivity contribution in [1.29, 1.82) is 0 Å². The molecule has 0 spiro atoms. The fraction of sp³-hybridized carbons (Fsp3) is 0.538. The van der Waals surface area contributed by atoms with Gasteiger partial charge in [-0.15, -0.1) is 0 Å². The zero-order chi connectivity index (χ0) is 12.9. The van der Waals surface area contributed by atoms with E-state index in [0.29, 0.717) is 6.54 Å². The van der Waals surface area contributed by atoms with Crippen molar-refractivity contribution in [2.75, 3.05) is 12.3 Å². The molecule has 0 radical (unpaired) electrons.